The third-order valence-electron chi connectivity index (χ3n) is 3.47. The number of carbonyl (C=O) groups is 1. The summed E-state index contributed by atoms with van der Waals surface area (Å²) in [6.07, 6.45) is 5.10. The van der Waals surface area contributed by atoms with Gasteiger partial charge in [-0.25, -0.2) is 0 Å². The minimum Gasteiger partial charge on any atom is -0.380 e. The van der Waals surface area contributed by atoms with Crippen molar-refractivity contribution in [3.63, 3.8) is 0 Å². The number of rotatable bonds is 7. The largest absolute Gasteiger partial charge is 0.380 e. The highest BCUT2D eigenvalue weighted by Crippen LogP contribution is 2.33. The minimum absolute atomic E-state index is 0.194. The van der Waals surface area contributed by atoms with E-state index in [1.54, 1.807) is 0 Å². The summed E-state index contributed by atoms with van der Waals surface area (Å²) in [5, 5.41) is 0. The topological polar surface area (TPSA) is 35.5 Å². The van der Waals surface area contributed by atoms with E-state index >= 15 is 0 Å². The molecule has 96 valence electrons. The maximum atomic E-state index is 11.7. The van der Waals surface area contributed by atoms with Crippen molar-refractivity contribution in [1.82, 2.24) is 0 Å². The molecule has 3 nitrogen and oxygen atoms in total. The normalized spacial score (nSPS) is 23.3. The monoisotopic (exact) mass is 238 g/mol. The van der Waals surface area contributed by atoms with E-state index in [4.69, 9.17) is 9.47 Å². The highest BCUT2D eigenvalue weighted by molar-refractivity contribution is 5.95. The van der Waals surface area contributed by atoms with E-state index in [-0.39, 0.29) is 11.2 Å². The molecular formula is C14H22O3. The van der Waals surface area contributed by atoms with Crippen LogP contribution in [0.25, 0.3) is 0 Å². The lowest BCUT2D eigenvalue weighted by Gasteiger charge is -2.37. The van der Waals surface area contributed by atoms with Crippen LogP contribution < -0.4 is 0 Å². The number of ether oxygens (including phenoxy) is 2. The molecule has 1 aliphatic heterocycles. The van der Waals surface area contributed by atoms with Crippen molar-refractivity contribution in [3.05, 3.63) is 11.6 Å². The molecule has 3 heteroatoms. The van der Waals surface area contributed by atoms with Gasteiger partial charge in [-0.05, 0) is 31.3 Å². The Labute approximate surface area is 103 Å². The van der Waals surface area contributed by atoms with E-state index in [1.807, 2.05) is 13.0 Å². The van der Waals surface area contributed by atoms with Gasteiger partial charge in [0.1, 0.15) is 0 Å². The molecule has 0 bridgehead atoms. The Morgan fingerprint density at radius 3 is 2.71 bits per heavy atom. The zero-order valence-corrected chi connectivity index (χ0v) is 10.8. The zero-order valence-electron chi connectivity index (χ0n) is 10.8. The molecule has 0 radical (unpaired) electrons. The number of hydrogen-bond donors (Lipinski definition) is 0. The molecule has 2 rings (SSSR count). The van der Waals surface area contributed by atoms with Crippen LogP contribution in [0.1, 0.15) is 33.1 Å². The molecule has 0 N–H and O–H groups in total. The molecule has 0 unspecified atom stereocenters. The van der Waals surface area contributed by atoms with Gasteiger partial charge in [-0.3, -0.25) is 4.79 Å². The third kappa shape index (κ3) is 3.93. The maximum Gasteiger partial charge on any atom is 0.158 e. The summed E-state index contributed by atoms with van der Waals surface area (Å²) in [5.41, 5.74) is 1.05. The van der Waals surface area contributed by atoms with Crippen LogP contribution in [0.5, 0.6) is 0 Å². The predicted molar refractivity (Wildman–Crippen MR) is 65.9 cm³/mol. The Hall–Kier alpha value is -0.670. The van der Waals surface area contributed by atoms with Crippen LogP contribution in [0.2, 0.25) is 0 Å². The summed E-state index contributed by atoms with van der Waals surface area (Å²) < 4.78 is 10.7. The number of carbonyl (C=O) groups excluding carboxylic acids is 1. The van der Waals surface area contributed by atoms with Gasteiger partial charge >= 0.3 is 0 Å². The Balaban J connectivity index is 1.62. The van der Waals surface area contributed by atoms with Crippen LogP contribution in [0, 0.1) is 11.3 Å². The minimum atomic E-state index is 0.194. The van der Waals surface area contributed by atoms with E-state index in [9.17, 15) is 4.79 Å². The molecule has 17 heavy (non-hydrogen) atoms. The lowest BCUT2D eigenvalue weighted by Crippen LogP contribution is -2.43. The summed E-state index contributed by atoms with van der Waals surface area (Å²) >= 11 is 0. The predicted octanol–water partition coefficient (Wildman–Crippen LogP) is 2.36. The molecule has 1 aliphatic carbocycles. The highest BCUT2D eigenvalue weighted by Gasteiger charge is 2.33. The second-order valence-corrected chi connectivity index (χ2v) is 5.78. The summed E-state index contributed by atoms with van der Waals surface area (Å²) in [4.78, 5) is 11.7. The van der Waals surface area contributed by atoms with Gasteiger partial charge < -0.3 is 9.47 Å². The molecule has 0 aromatic heterocycles. The quantitative estimate of drug-likeness (QED) is 0.504. The van der Waals surface area contributed by atoms with Crippen LogP contribution in [-0.4, -0.2) is 32.2 Å². The van der Waals surface area contributed by atoms with Gasteiger partial charge in [-0.15, -0.1) is 0 Å². The molecule has 2 fully saturated rings. The first kappa shape index (κ1) is 12.8. The first-order valence-electron chi connectivity index (χ1n) is 6.44. The average molecular weight is 238 g/mol. The maximum absolute atomic E-state index is 11.7. The van der Waals surface area contributed by atoms with Gasteiger partial charge in [-0.1, -0.05) is 13.0 Å². The van der Waals surface area contributed by atoms with Crippen molar-refractivity contribution in [1.29, 1.82) is 0 Å². The molecule has 1 heterocycles. The SMILES string of the molecule is C/C(=C\COCC1(C)COC1)C(=O)CC1CC1. The lowest BCUT2D eigenvalue weighted by molar-refractivity contribution is -0.135. The summed E-state index contributed by atoms with van der Waals surface area (Å²) in [6, 6.07) is 0. The fourth-order valence-corrected chi connectivity index (χ4v) is 1.88. The van der Waals surface area contributed by atoms with Crippen molar-refractivity contribution in [3.8, 4) is 0 Å². The smallest absolute Gasteiger partial charge is 0.158 e. The first-order chi connectivity index (χ1) is 8.09. The van der Waals surface area contributed by atoms with E-state index in [1.165, 1.54) is 12.8 Å². The van der Waals surface area contributed by atoms with Gasteiger partial charge in [0.05, 0.1) is 26.4 Å². The van der Waals surface area contributed by atoms with Crippen LogP contribution in [-0.2, 0) is 14.3 Å². The highest BCUT2D eigenvalue weighted by atomic mass is 16.5. The van der Waals surface area contributed by atoms with Gasteiger partial charge in [0.2, 0.25) is 0 Å². The zero-order chi connectivity index (χ0) is 12.3. The fraction of sp³-hybridized carbons (Fsp3) is 0.786. The van der Waals surface area contributed by atoms with E-state index < -0.39 is 0 Å². The molecule has 0 aromatic carbocycles. The summed E-state index contributed by atoms with van der Waals surface area (Å²) in [5.74, 6) is 0.951. The van der Waals surface area contributed by atoms with Crippen LogP contribution in [0.3, 0.4) is 0 Å². The summed E-state index contributed by atoms with van der Waals surface area (Å²) in [6.45, 7) is 6.88. The number of Topliss-reactive ketones (excluding diaryl/α,β-unsaturated/α-hetero) is 1. The van der Waals surface area contributed by atoms with E-state index in [0.717, 1.165) is 25.2 Å². The molecule has 0 spiro atoms. The van der Waals surface area contributed by atoms with Crippen LogP contribution >= 0.6 is 0 Å². The van der Waals surface area contributed by atoms with Crippen LogP contribution in [0.4, 0.5) is 0 Å². The lowest BCUT2D eigenvalue weighted by atomic mass is 9.90. The number of ketones is 1. The molecule has 1 saturated carbocycles. The van der Waals surface area contributed by atoms with Crippen molar-refractivity contribution in [2.45, 2.75) is 33.1 Å². The average Bonchev–Trinajstić information content (AvgIpc) is 3.05. The van der Waals surface area contributed by atoms with Gasteiger partial charge in [-0.2, -0.15) is 0 Å². The standard InChI is InChI=1S/C14H22O3/c1-11(13(15)7-12-3-4-12)5-6-16-8-14(2)9-17-10-14/h5,12H,3-4,6-10H2,1-2H3/b11-5+. The van der Waals surface area contributed by atoms with Gasteiger partial charge in [0.15, 0.2) is 5.78 Å². The molecule has 2 aliphatic rings. The van der Waals surface area contributed by atoms with Gasteiger partial charge in [0, 0.05) is 11.8 Å². The fourth-order valence-electron chi connectivity index (χ4n) is 1.88. The number of hydrogen-bond acceptors (Lipinski definition) is 3. The third-order valence-corrected chi connectivity index (χ3v) is 3.47. The van der Waals surface area contributed by atoms with E-state index in [0.29, 0.717) is 19.1 Å². The Morgan fingerprint density at radius 1 is 1.47 bits per heavy atom. The Kier molecular flexibility index (Phi) is 4.00. The molecule has 1 saturated heterocycles. The second-order valence-electron chi connectivity index (χ2n) is 5.78. The Bertz CT molecular complexity index is 311. The van der Waals surface area contributed by atoms with E-state index in [2.05, 4.69) is 6.92 Å². The Morgan fingerprint density at radius 2 is 2.18 bits per heavy atom. The van der Waals surface area contributed by atoms with Crippen LogP contribution in [0.15, 0.2) is 11.6 Å². The van der Waals surface area contributed by atoms with Crippen molar-refractivity contribution in [2.24, 2.45) is 11.3 Å². The van der Waals surface area contributed by atoms with Crippen molar-refractivity contribution >= 4 is 5.78 Å². The number of allylic oxidation sites excluding steroid dienone is 1. The molecule has 0 atom stereocenters. The molecule has 0 aromatic rings. The molecular weight excluding hydrogens is 216 g/mol. The molecule has 0 amide bonds. The van der Waals surface area contributed by atoms with Crippen molar-refractivity contribution in [2.75, 3.05) is 26.4 Å². The first-order valence-corrected chi connectivity index (χ1v) is 6.44. The van der Waals surface area contributed by atoms with Crippen molar-refractivity contribution < 1.29 is 14.3 Å². The summed E-state index contributed by atoms with van der Waals surface area (Å²) in [7, 11) is 0. The second kappa shape index (κ2) is 5.32. The van der Waals surface area contributed by atoms with Gasteiger partial charge in [0.25, 0.3) is 0 Å².